The summed E-state index contributed by atoms with van der Waals surface area (Å²) in [6.07, 6.45) is 0. The molecule has 3 aromatic rings. The fraction of sp³-hybridized carbons (Fsp3) is 0.125. The van der Waals surface area contributed by atoms with E-state index in [-0.39, 0.29) is 27.9 Å². The summed E-state index contributed by atoms with van der Waals surface area (Å²) in [6.45, 7) is -0.569. The van der Waals surface area contributed by atoms with Gasteiger partial charge in [0.2, 0.25) is 5.43 Å². The lowest BCUT2D eigenvalue weighted by molar-refractivity contribution is -0.139. The van der Waals surface area contributed by atoms with Crippen LogP contribution < -0.4 is 14.9 Å². The molecule has 0 radical (unpaired) electrons. The van der Waals surface area contributed by atoms with E-state index in [4.69, 9.17) is 19.0 Å². The lowest BCUT2D eigenvalue weighted by Crippen LogP contribution is -2.09. The lowest BCUT2D eigenvalue weighted by Gasteiger charge is -2.08. The number of aromatic hydroxyl groups is 1. The molecule has 0 aliphatic carbocycles. The predicted molar refractivity (Wildman–Crippen MR) is 81.3 cm³/mol. The average molecular weight is 316 g/mol. The van der Waals surface area contributed by atoms with Crippen LogP contribution in [0.5, 0.6) is 17.2 Å². The van der Waals surface area contributed by atoms with Crippen molar-refractivity contribution in [1.29, 1.82) is 0 Å². The van der Waals surface area contributed by atoms with Crippen molar-refractivity contribution in [3.05, 3.63) is 40.6 Å². The van der Waals surface area contributed by atoms with Crippen LogP contribution in [0.25, 0.3) is 21.9 Å². The van der Waals surface area contributed by atoms with Gasteiger partial charge in [-0.3, -0.25) is 4.79 Å². The highest BCUT2D eigenvalue weighted by Crippen LogP contribution is 2.31. The molecule has 0 aliphatic heterocycles. The first-order valence-corrected chi connectivity index (χ1v) is 6.62. The van der Waals surface area contributed by atoms with Crippen molar-refractivity contribution in [3.63, 3.8) is 0 Å². The first kappa shape index (κ1) is 14.7. The second kappa shape index (κ2) is 5.53. The third-order valence-corrected chi connectivity index (χ3v) is 3.30. The van der Waals surface area contributed by atoms with Gasteiger partial charge < -0.3 is 24.1 Å². The van der Waals surface area contributed by atoms with Gasteiger partial charge >= 0.3 is 5.97 Å². The zero-order chi connectivity index (χ0) is 16.6. The number of phenols is 1. The topological polar surface area (TPSA) is 106 Å². The van der Waals surface area contributed by atoms with Crippen molar-refractivity contribution in [3.8, 4) is 17.2 Å². The Morgan fingerprint density at radius 3 is 2.65 bits per heavy atom. The molecule has 0 bridgehead atoms. The molecule has 2 aromatic carbocycles. The Balaban J connectivity index is 2.23. The number of ether oxygens (including phenoxy) is 2. The van der Waals surface area contributed by atoms with E-state index in [1.807, 2.05) is 0 Å². The predicted octanol–water partition coefficient (Wildman–Crippen LogP) is 2.12. The Bertz CT molecular complexity index is 971. The summed E-state index contributed by atoms with van der Waals surface area (Å²) in [4.78, 5) is 23.1. The maximum atomic E-state index is 12.5. The molecular weight excluding hydrogens is 304 g/mol. The average Bonchev–Trinajstić information content (AvgIpc) is 2.52. The van der Waals surface area contributed by atoms with E-state index in [1.54, 1.807) is 12.1 Å². The fourth-order valence-corrected chi connectivity index (χ4v) is 2.27. The quantitative estimate of drug-likeness (QED) is 0.710. The van der Waals surface area contributed by atoms with E-state index >= 15 is 0 Å². The smallest absolute Gasteiger partial charge is 0.341 e. The van der Waals surface area contributed by atoms with E-state index in [2.05, 4.69) is 0 Å². The van der Waals surface area contributed by atoms with E-state index < -0.39 is 18.0 Å². The molecule has 0 saturated carbocycles. The Morgan fingerprint density at radius 1 is 1.17 bits per heavy atom. The number of methoxy groups -OCH3 is 1. The van der Waals surface area contributed by atoms with Crippen molar-refractivity contribution < 1.29 is 28.9 Å². The number of fused-ring (bicyclic) bond motifs is 2. The van der Waals surface area contributed by atoms with E-state index in [9.17, 15) is 14.7 Å². The van der Waals surface area contributed by atoms with Crippen molar-refractivity contribution >= 4 is 27.9 Å². The maximum absolute atomic E-state index is 12.5. The molecule has 1 aromatic heterocycles. The number of carboxylic acid groups (broad SMARTS) is 1. The van der Waals surface area contributed by atoms with Crippen LogP contribution in [-0.4, -0.2) is 29.9 Å². The monoisotopic (exact) mass is 316 g/mol. The second-order valence-electron chi connectivity index (χ2n) is 4.79. The van der Waals surface area contributed by atoms with Crippen molar-refractivity contribution in [1.82, 2.24) is 0 Å². The van der Waals surface area contributed by atoms with Crippen LogP contribution >= 0.6 is 0 Å². The minimum absolute atomic E-state index is 0.00609. The molecule has 118 valence electrons. The van der Waals surface area contributed by atoms with Gasteiger partial charge in [0, 0.05) is 12.1 Å². The highest BCUT2D eigenvalue weighted by molar-refractivity contribution is 5.94. The molecule has 7 heteroatoms. The molecule has 0 unspecified atom stereocenters. The molecule has 7 nitrogen and oxygen atoms in total. The minimum Gasteiger partial charge on any atom is -0.507 e. The lowest BCUT2D eigenvalue weighted by atomic mass is 10.1. The van der Waals surface area contributed by atoms with Crippen LogP contribution in [0.1, 0.15) is 0 Å². The highest BCUT2D eigenvalue weighted by atomic mass is 16.5. The maximum Gasteiger partial charge on any atom is 0.341 e. The molecule has 23 heavy (non-hydrogen) atoms. The van der Waals surface area contributed by atoms with Gasteiger partial charge in [-0.1, -0.05) is 0 Å². The van der Waals surface area contributed by atoms with Crippen LogP contribution in [0.3, 0.4) is 0 Å². The van der Waals surface area contributed by atoms with Crippen LogP contribution in [-0.2, 0) is 4.79 Å². The molecule has 2 N–H and O–H groups in total. The van der Waals surface area contributed by atoms with Gasteiger partial charge in [0.1, 0.15) is 33.8 Å². The Morgan fingerprint density at radius 2 is 1.96 bits per heavy atom. The molecule has 0 atom stereocenters. The van der Waals surface area contributed by atoms with Crippen LogP contribution in [0.15, 0.2) is 39.5 Å². The minimum atomic E-state index is -1.16. The molecule has 0 spiro atoms. The van der Waals surface area contributed by atoms with Gasteiger partial charge in [0.05, 0.1) is 12.5 Å². The van der Waals surface area contributed by atoms with Crippen molar-refractivity contribution in [2.24, 2.45) is 0 Å². The largest absolute Gasteiger partial charge is 0.507 e. The molecular formula is C16H12O7. The second-order valence-corrected chi connectivity index (χ2v) is 4.79. The first-order valence-electron chi connectivity index (χ1n) is 6.62. The normalized spacial score (nSPS) is 10.8. The zero-order valence-corrected chi connectivity index (χ0v) is 12.0. The third-order valence-electron chi connectivity index (χ3n) is 3.30. The van der Waals surface area contributed by atoms with Crippen molar-refractivity contribution in [2.45, 2.75) is 0 Å². The molecule has 0 saturated heterocycles. The number of carbonyl (C=O) groups is 1. The molecule has 0 amide bonds. The zero-order valence-electron chi connectivity index (χ0n) is 12.0. The van der Waals surface area contributed by atoms with Crippen LogP contribution in [0.2, 0.25) is 0 Å². The van der Waals surface area contributed by atoms with E-state index in [0.717, 1.165) is 0 Å². The summed E-state index contributed by atoms with van der Waals surface area (Å²) in [5, 5.41) is 18.9. The SMILES string of the molecule is COc1ccc2oc3cc(OCC(=O)O)cc(O)c3c(=O)c2c1. The Kier molecular flexibility index (Phi) is 3.53. The number of phenolic OH excluding ortho intramolecular Hbond substituents is 1. The number of aliphatic carboxylic acids is 1. The van der Waals surface area contributed by atoms with Gasteiger partial charge in [-0.25, -0.2) is 4.79 Å². The summed E-state index contributed by atoms with van der Waals surface area (Å²) in [7, 11) is 1.48. The van der Waals surface area contributed by atoms with Crippen molar-refractivity contribution in [2.75, 3.05) is 13.7 Å². The molecule has 0 fully saturated rings. The number of hydrogen-bond donors (Lipinski definition) is 2. The number of rotatable bonds is 4. The van der Waals surface area contributed by atoms with Gasteiger partial charge in [-0.05, 0) is 18.2 Å². The first-order chi connectivity index (χ1) is 11.0. The summed E-state index contributed by atoms with van der Waals surface area (Å²) < 4.78 is 15.7. The standard InChI is InChI=1S/C16H12O7/c1-21-8-2-3-12-10(4-8)16(20)15-11(17)5-9(6-13(15)23-12)22-7-14(18)19/h2-6,17H,7H2,1H3,(H,18,19). The fourth-order valence-electron chi connectivity index (χ4n) is 2.27. The number of hydrogen-bond acceptors (Lipinski definition) is 6. The summed E-state index contributed by atoms with van der Waals surface area (Å²) in [5.41, 5.74) is 0.00794. The van der Waals surface area contributed by atoms with Gasteiger partial charge in [0.25, 0.3) is 0 Å². The summed E-state index contributed by atoms with van der Waals surface area (Å²) in [6, 6.07) is 7.28. The van der Waals surface area contributed by atoms with Gasteiger partial charge in [-0.2, -0.15) is 0 Å². The van der Waals surface area contributed by atoms with E-state index in [0.29, 0.717) is 11.3 Å². The van der Waals surface area contributed by atoms with E-state index in [1.165, 1.54) is 25.3 Å². The molecule has 1 heterocycles. The van der Waals surface area contributed by atoms with Crippen LogP contribution in [0, 0.1) is 0 Å². The number of benzene rings is 2. The summed E-state index contributed by atoms with van der Waals surface area (Å²) >= 11 is 0. The Labute approximate surface area is 129 Å². The summed E-state index contributed by atoms with van der Waals surface area (Å²) in [5.74, 6) is -0.920. The van der Waals surface area contributed by atoms with Gasteiger partial charge in [0.15, 0.2) is 6.61 Å². The molecule has 3 rings (SSSR count). The number of carboxylic acids is 1. The third kappa shape index (κ3) is 2.64. The van der Waals surface area contributed by atoms with Gasteiger partial charge in [-0.15, -0.1) is 0 Å². The van der Waals surface area contributed by atoms with Crippen LogP contribution in [0.4, 0.5) is 0 Å². The highest BCUT2D eigenvalue weighted by Gasteiger charge is 2.14. The molecule has 0 aliphatic rings. The Hall–Kier alpha value is -3.22.